The molecule has 0 spiro atoms. The minimum atomic E-state index is -0.986. The predicted octanol–water partition coefficient (Wildman–Crippen LogP) is 0.973. The van der Waals surface area contributed by atoms with Gasteiger partial charge in [0.25, 0.3) is 5.91 Å². The van der Waals surface area contributed by atoms with Crippen molar-refractivity contribution in [3.05, 3.63) is 0 Å². The maximum Gasteiger partial charge on any atom is 0.344 e. The van der Waals surface area contributed by atoms with Crippen LogP contribution in [0.5, 0.6) is 0 Å². The minimum Gasteiger partial charge on any atom is -0.376 e. The third-order valence-electron chi connectivity index (χ3n) is 4.44. The SMILES string of the molecule is CCC1(C)NC(=O)N(NC(=O)CSc2nnc(NCC3CCCO3)s2)C1=O. The van der Waals surface area contributed by atoms with E-state index in [-0.39, 0.29) is 11.9 Å². The van der Waals surface area contributed by atoms with Gasteiger partial charge < -0.3 is 15.4 Å². The lowest BCUT2D eigenvalue weighted by atomic mass is 10.00. The fourth-order valence-electron chi connectivity index (χ4n) is 2.66. The average molecular weight is 415 g/mol. The van der Waals surface area contributed by atoms with E-state index < -0.39 is 23.4 Å². The van der Waals surface area contributed by atoms with Crippen LogP contribution in [0.1, 0.15) is 33.1 Å². The molecule has 2 unspecified atom stereocenters. The Morgan fingerprint density at radius 2 is 2.30 bits per heavy atom. The lowest BCUT2D eigenvalue weighted by Gasteiger charge is -2.19. The molecule has 2 atom stereocenters. The first-order valence-electron chi connectivity index (χ1n) is 8.69. The lowest BCUT2D eigenvalue weighted by molar-refractivity contribution is -0.137. The standard InChI is InChI=1S/C15H22N6O4S2/c1-3-15(2)11(23)21(13(24)17-15)20-10(22)8-26-14-19-18-12(27-14)16-7-9-5-4-6-25-9/h9H,3-8H2,1-2H3,(H,16,18)(H,17,24)(H,20,22). The Morgan fingerprint density at radius 3 is 2.96 bits per heavy atom. The van der Waals surface area contributed by atoms with Gasteiger partial charge in [0.05, 0.1) is 11.9 Å². The summed E-state index contributed by atoms with van der Waals surface area (Å²) in [6.07, 6.45) is 2.75. The first kappa shape index (κ1) is 19.8. The molecule has 2 aliphatic heterocycles. The topological polar surface area (TPSA) is 126 Å². The van der Waals surface area contributed by atoms with Crippen LogP contribution in [0.15, 0.2) is 4.34 Å². The number of nitrogens with one attached hydrogen (secondary N) is 3. The second kappa shape index (κ2) is 8.40. The molecule has 148 valence electrons. The van der Waals surface area contributed by atoms with E-state index in [9.17, 15) is 14.4 Å². The normalized spacial score (nSPS) is 25.0. The highest BCUT2D eigenvalue weighted by atomic mass is 32.2. The molecule has 0 radical (unpaired) electrons. The Bertz CT molecular complexity index is 723. The molecular weight excluding hydrogens is 392 g/mol. The molecule has 3 rings (SSSR count). The van der Waals surface area contributed by atoms with Crippen LogP contribution in [-0.4, -0.2) is 63.6 Å². The Kier molecular flexibility index (Phi) is 6.17. The second-order valence-electron chi connectivity index (χ2n) is 6.47. The minimum absolute atomic E-state index is 0.0142. The molecule has 0 bridgehead atoms. The van der Waals surface area contributed by atoms with Crippen molar-refractivity contribution in [3.8, 4) is 0 Å². The van der Waals surface area contributed by atoms with E-state index in [1.165, 1.54) is 23.1 Å². The van der Waals surface area contributed by atoms with E-state index in [1.807, 2.05) is 0 Å². The molecule has 12 heteroatoms. The van der Waals surface area contributed by atoms with Gasteiger partial charge in [-0.1, -0.05) is 30.0 Å². The summed E-state index contributed by atoms with van der Waals surface area (Å²) >= 11 is 2.53. The van der Waals surface area contributed by atoms with Gasteiger partial charge in [-0.05, 0) is 26.2 Å². The monoisotopic (exact) mass is 414 g/mol. The summed E-state index contributed by atoms with van der Waals surface area (Å²) in [5.74, 6) is -0.918. The van der Waals surface area contributed by atoms with Crippen LogP contribution in [0.4, 0.5) is 9.93 Å². The smallest absolute Gasteiger partial charge is 0.344 e. The number of thioether (sulfide) groups is 1. The van der Waals surface area contributed by atoms with Crippen molar-refractivity contribution < 1.29 is 19.1 Å². The van der Waals surface area contributed by atoms with E-state index in [1.54, 1.807) is 13.8 Å². The fourth-order valence-corrected chi connectivity index (χ4v) is 4.21. The molecule has 2 saturated heterocycles. The van der Waals surface area contributed by atoms with Gasteiger partial charge in [-0.3, -0.25) is 15.0 Å². The molecular formula is C15H22N6O4S2. The van der Waals surface area contributed by atoms with Crippen molar-refractivity contribution in [1.82, 2.24) is 25.9 Å². The Hall–Kier alpha value is -1.92. The van der Waals surface area contributed by atoms with Crippen molar-refractivity contribution >= 4 is 46.1 Å². The maximum atomic E-state index is 12.2. The molecule has 2 aliphatic rings. The number of aromatic nitrogens is 2. The van der Waals surface area contributed by atoms with Crippen LogP contribution >= 0.6 is 23.1 Å². The number of urea groups is 1. The maximum absolute atomic E-state index is 12.2. The first-order valence-corrected chi connectivity index (χ1v) is 10.5. The van der Waals surface area contributed by atoms with Crippen molar-refractivity contribution in [2.75, 3.05) is 24.2 Å². The summed E-state index contributed by atoms with van der Waals surface area (Å²) in [5.41, 5.74) is 1.36. The van der Waals surface area contributed by atoms with Gasteiger partial charge in [-0.15, -0.1) is 10.2 Å². The predicted molar refractivity (Wildman–Crippen MR) is 100 cm³/mol. The summed E-state index contributed by atoms with van der Waals surface area (Å²) in [6.45, 7) is 4.90. The first-order chi connectivity index (χ1) is 12.9. The molecule has 4 amide bonds. The quantitative estimate of drug-likeness (QED) is 0.424. The summed E-state index contributed by atoms with van der Waals surface area (Å²) < 4.78 is 6.16. The number of ether oxygens (including phenoxy) is 1. The van der Waals surface area contributed by atoms with Crippen LogP contribution < -0.4 is 16.1 Å². The second-order valence-corrected chi connectivity index (χ2v) is 8.67. The number of amides is 4. The number of imide groups is 1. The lowest BCUT2D eigenvalue weighted by Crippen LogP contribution is -2.49. The van der Waals surface area contributed by atoms with Crippen LogP contribution in [0.3, 0.4) is 0 Å². The van der Waals surface area contributed by atoms with Gasteiger partial charge >= 0.3 is 6.03 Å². The number of hydrogen-bond donors (Lipinski definition) is 3. The number of hydrogen-bond acceptors (Lipinski definition) is 9. The van der Waals surface area contributed by atoms with Crippen molar-refractivity contribution in [2.45, 2.75) is 49.1 Å². The zero-order chi connectivity index (χ0) is 19.4. The van der Waals surface area contributed by atoms with E-state index >= 15 is 0 Å². The number of anilines is 1. The highest BCUT2D eigenvalue weighted by molar-refractivity contribution is 8.01. The molecule has 1 aromatic rings. The Morgan fingerprint density at radius 1 is 1.48 bits per heavy atom. The number of hydrazine groups is 1. The summed E-state index contributed by atoms with van der Waals surface area (Å²) in [4.78, 5) is 36.2. The molecule has 27 heavy (non-hydrogen) atoms. The highest BCUT2D eigenvalue weighted by Crippen LogP contribution is 2.26. The van der Waals surface area contributed by atoms with Crippen molar-refractivity contribution in [2.24, 2.45) is 0 Å². The molecule has 10 nitrogen and oxygen atoms in total. The Balaban J connectivity index is 1.44. The van der Waals surface area contributed by atoms with E-state index in [0.29, 0.717) is 22.4 Å². The molecule has 2 fully saturated rings. The number of carbonyl (C=O) groups is 3. The molecule has 0 aromatic carbocycles. The van der Waals surface area contributed by atoms with Gasteiger partial charge in [0.1, 0.15) is 5.54 Å². The van der Waals surface area contributed by atoms with Crippen molar-refractivity contribution in [1.29, 1.82) is 0 Å². The zero-order valence-electron chi connectivity index (χ0n) is 15.1. The van der Waals surface area contributed by atoms with Gasteiger partial charge in [0.2, 0.25) is 11.0 Å². The number of nitrogens with zero attached hydrogens (tertiary/aromatic N) is 3. The van der Waals surface area contributed by atoms with Crippen molar-refractivity contribution in [3.63, 3.8) is 0 Å². The Labute approximate surface area is 164 Å². The summed E-state index contributed by atoms with van der Waals surface area (Å²) in [6, 6.07) is -0.626. The van der Waals surface area contributed by atoms with E-state index in [2.05, 4.69) is 26.3 Å². The molecule has 0 saturated carbocycles. The van der Waals surface area contributed by atoms with E-state index in [0.717, 1.165) is 24.5 Å². The zero-order valence-corrected chi connectivity index (χ0v) is 16.7. The van der Waals surface area contributed by atoms with E-state index in [4.69, 9.17) is 4.74 Å². The average Bonchev–Trinajstić information content (AvgIpc) is 3.36. The van der Waals surface area contributed by atoms with Crippen LogP contribution in [0.2, 0.25) is 0 Å². The molecule has 3 heterocycles. The van der Waals surface area contributed by atoms with Crippen LogP contribution in [-0.2, 0) is 14.3 Å². The van der Waals surface area contributed by atoms with Crippen LogP contribution in [0, 0.1) is 0 Å². The summed E-state index contributed by atoms with van der Waals surface area (Å²) in [7, 11) is 0. The van der Waals surface area contributed by atoms with Gasteiger partial charge in [-0.2, -0.15) is 5.01 Å². The molecule has 3 N–H and O–H groups in total. The van der Waals surface area contributed by atoms with Gasteiger partial charge in [-0.25, -0.2) is 4.79 Å². The fraction of sp³-hybridized carbons (Fsp3) is 0.667. The third-order valence-corrected chi connectivity index (χ3v) is 6.46. The molecule has 0 aliphatic carbocycles. The number of rotatable bonds is 8. The molecule has 1 aromatic heterocycles. The van der Waals surface area contributed by atoms with Gasteiger partial charge in [0, 0.05) is 13.2 Å². The van der Waals surface area contributed by atoms with Gasteiger partial charge in [0.15, 0.2) is 4.34 Å². The largest absolute Gasteiger partial charge is 0.376 e. The highest BCUT2D eigenvalue weighted by Gasteiger charge is 2.47. The third kappa shape index (κ3) is 4.68. The van der Waals surface area contributed by atoms with Crippen LogP contribution in [0.25, 0.3) is 0 Å². The summed E-state index contributed by atoms with van der Waals surface area (Å²) in [5, 5.41) is 15.2. The number of carbonyl (C=O) groups excluding carboxylic acids is 3.